The molecule has 2 aromatic rings. The smallest absolute Gasteiger partial charge is 0.163 e. The molecule has 0 saturated heterocycles. The summed E-state index contributed by atoms with van der Waals surface area (Å²) < 4.78 is 0. The second-order valence-corrected chi connectivity index (χ2v) is 2.58. The van der Waals surface area contributed by atoms with Crippen LogP contribution in [0.4, 0.5) is 0 Å². The molecule has 0 radical (unpaired) electrons. The maximum atomic E-state index is 11.1. The van der Waals surface area contributed by atoms with Crippen LogP contribution in [-0.2, 0) is 0 Å². The molecule has 1 N–H and O–H groups in total. The molecule has 0 bridgehead atoms. The normalized spacial score (nSPS) is 10.4. The Labute approximate surface area is 68.6 Å². The number of fused-ring (bicyclic) bond motifs is 1. The molecule has 4 heteroatoms. The van der Waals surface area contributed by atoms with Crippen LogP contribution >= 0.6 is 0 Å². The van der Waals surface area contributed by atoms with Crippen molar-refractivity contribution in [2.24, 2.45) is 0 Å². The van der Waals surface area contributed by atoms with E-state index in [0.717, 1.165) is 10.9 Å². The van der Waals surface area contributed by atoms with Crippen molar-refractivity contribution in [3.63, 3.8) is 0 Å². The van der Waals surface area contributed by atoms with Crippen LogP contribution in [0.5, 0.6) is 0 Å². The highest BCUT2D eigenvalue weighted by atomic mass is 16.1. The number of H-pyrrole nitrogens is 1. The minimum absolute atomic E-state index is 0.00245. The number of hydrogen-bond acceptors (Lipinski definition) is 3. The largest absolute Gasteiger partial charge is 0.294 e. The molecule has 0 amide bonds. The van der Waals surface area contributed by atoms with Crippen molar-refractivity contribution in [2.75, 3.05) is 0 Å². The quantitative estimate of drug-likeness (QED) is 0.638. The Morgan fingerprint density at radius 2 is 2.25 bits per heavy atom. The summed E-state index contributed by atoms with van der Waals surface area (Å²) in [5.41, 5.74) is 1.35. The number of nitrogens with zero attached hydrogens (tertiary/aromatic N) is 2. The summed E-state index contributed by atoms with van der Waals surface area (Å²) in [7, 11) is 0. The third-order valence-electron chi connectivity index (χ3n) is 1.73. The SMILES string of the molecule is CC(=O)c1cncc2cn[nH]c12. The first-order chi connectivity index (χ1) is 5.79. The van der Waals surface area contributed by atoms with Gasteiger partial charge in [0, 0.05) is 17.8 Å². The molecular weight excluding hydrogens is 154 g/mol. The summed E-state index contributed by atoms with van der Waals surface area (Å²) in [5.74, 6) is -0.00245. The van der Waals surface area contributed by atoms with Gasteiger partial charge in [-0.05, 0) is 6.92 Å². The van der Waals surface area contributed by atoms with E-state index in [4.69, 9.17) is 0 Å². The van der Waals surface area contributed by atoms with Gasteiger partial charge in [0.05, 0.1) is 17.3 Å². The lowest BCUT2D eigenvalue weighted by atomic mass is 10.1. The average molecular weight is 161 g/mol. The number of ketones is 1. The lowest BCUT2D eigenvalue weighted by Crippen LogP contribution is -1.94. The fourth-order valence-corrected chi connectivity index (χ4v) is 1.13. The van der Waals surface area contributed by atoms with Crippen LogP contribution in [0.15, 0.2) is 18.6 Å². The number of carbonyl (C=O) groups is 1. The van der Waals surface area contributed by atoms with Gasteiger partial charge in [0.1, 0.15) is 0 Å². The molecule has 0 aliphatic carbocycles. The fraction of sp³-hybridized carbons (Fsp3) is 0.125. The number of aromatic nitrogens is 3. The highest BCUT2D eigenvalue weighted by Gasteiger charge is 2.06. The van der Waals surface area contributed by atoms with Gasteiger partial charge in [-0.2, -0.15) is 5.10 Å². The molecule has 0 saturated carbocycles. The minimum Gasteiger partial charge on any atom is -0.294 e. The first kappa shape index (κ1) is 6.97. The highest BCUT2D eigenvalue weighted by Crippen LogP contribution is 2.13. The molecule has 0 fully saturated rings. The van der Waals surface area contributed by atoms with Gasteiger partial charge >= 0.3 is 0 Å². The molecule has 4 nitrogen and oxygen atoms in total. The summed E-state index contributed by atoms with van der Waals surface area (Å²) >= 11 is 0. The molecule has 0 atom stereocenters. The molecule has 2 rings (SSSR count). The molecule has 0 aliphatic rings. The number of nitrogens with one attached hydrogen (secondary N) is 1. The Morgan fingerprint density at radius 1 is 1.42 bits per heavy atom. The Kier molecular flexibility index (Phi) is 1.40. The van der Waals surface area contributed by atoms with Gasteiger partial charge in [-0.15, -0.1) is 0 Å². The summed E-state index contributed by atoms with van der Waals surface area (Å²) in [6.45, 7) is 1.51. The summed E-state index contributed by atoms with van der Waals surface area (Å²) in [4.78, 5) is 15.0. The topological polar surface area (TPSA) is 58.6 Å². The van der Waals surface area contributed by atoms with Crippen LogP contribution < -0.4 is 0 Å². The zero-order valence-corrected chi connectivity index (χ0v) is 6.53. The highest BCUT2D eigenvalue weighted by molar-refractivity contribution is 6.04. The molecular formula is C8H7N3O. The van der Waals surface area contributed by atoms with Gasteiger partial charge in [-0.1, -0.05) is 0 Å². The second-order valence-electron chi connectivity index (χ2n) is 2.58. The number of Topliss-reactive ketones (excluding diaryl/α,β-unsaturated/α-hetero) is 1. The van der Waals surface area contributed by atoms with Crippen LogP contribution in [0.3, 0.4) is 0 Å². The van der Waals surface area contributed by atoms with Gasteiger partial charge < -0.3 is 0 Å². The molecule has 60 valence electrons. The monoisotopic (exact) mass is 161 g/mol. The van der Waals surface area contributed by atoms with Crippen LogP contribution in [-0.4, -0.2) is 21.0 Å². The van der Waals surface area contributed by atoms with Gasteiger partial charge in [0.25, 0.3) is 0 Å². The average Bonchev–Trinajstić information content (AvgIpc) is 2.49. The van der Waals surface area contributed by atoms with Crippen molar-refractivity contribution >= 4 is 16.7 Å². The number of hydrogen-bond donors (Lipinski definition) is 1. The van der Waals surface area contributed by atoms with E-state index in [0.29, 0.717) is 5.56 Å². The third-order valence-corrected chi connectivity index (χ3v) is 1.73. The maximum absolute atomic E-state index is 11.1. The summed E-state index contributed by atoms with van der Waals surface area (Å²) in [6.07, 6.45) is 4.86. The summed E-state index contributed by atoms with van der Waals surface area (Å²) in [6, 6.07) is 0. The van der Waals surface area contributed by atoms with Gasteiger partial charge in [-0.3, -0.25) is 14.9 Å². The van der Waals surface area contributed by atoms with Gasteiger partial charge in [0.15, 0.2) is 5.78 Å². The van der Waals surface area contributed by atoms with E-state index in [-0.39, 0.29) is 5.78 Å². The first-order valence-electron chi connectivity index (χ1n) is 3.57. The van der Waals surface area contributed by atoms with Crippen LogP contribution in [0, 0.1) is 0 Å². The molecule has 0 aromatic carbocycles. The Hall–Kier alpha value is -1.71. The lowest BCUT2D eigenvalue weighted by molar-refractivity contribution is 0.101. The maximum Gasteiger partial charge on any atom is 0.163 e. The molecule has 2 aromatic heterocycles. The van der Waals surface area contributed by atoms with Crippen molar-refractivity contribution in [1.82, 2.24) is 15.2 Å². The van der Waals surface area contributed by atoms with Crippen molar-refractivity contribution < 1.29 is 4.79 Å². The second kappa shape index (κ2) is 2.41. The van der Waals surface area contributed by atoms with Gasteiger partial charge in [0.2, 0.25) is 0 Å². The standard InChI is InChI=1S/C8H7N3O/c1-5(12)7-4-9-2-6-3-10-11-8(6)7/h2-4H,1H3,(H,10,11). The third kappa shape index (κ3) is 0.887. The van der Waals surface area contributed by atoms with Crippen molar-refractivity contribution in [3.8, 4) is 0 Å². The number of carbonyl (C=O) groups excluding carboxylic acids is 1. The van der Waals surface area contributed by atoms with E-state index >= 15 is 0 Å². The predicted octanol–water partition coefficient (Wildman–Crippen LogP) is 1.16. The van der Waals surface area contributed by atoms with Crippen molar-refractivity contribution in [1.29, 1.82) is 0 Å². The lowest BCUT2D eigenvalue weighted by Gasteiger charge is -1.94. The van der Waals surface area contributed by atoms with E-state index in [9.17, 15) is 4.79 Å². The molecule has 0 aliphatic heterocycles. The number of aromatic amines is 1. The zero-order chi connectivity index (χ0) is 8.55. The van der Waals surface area contributed by atoms with Crippen molar-refractivity contribution in [2.45, 2.75) is 6.92 Å². The van der Waals surface area contributed by atoms with E-state index in [1.165, 1.54) is 6.92 Å². The Morgan fingerprint density at radius 3 is 3.00 bits per heavy atom. The first-order valence-corrected chi connectivity index (χ1v) is 3.57. The Bertz CT molecular complexity index is 433. The Balaban J connectivity index is 2.82. The van der Waals surface area contributed by atoms with Crippen LogP contribution in [0.25, 0.3) is 10.9 Å². The number of pyridine rings is 1. The summed E-state index contributed by atoms with van der Waals surface area (Å²) in [5, 5.41) is 7.45. The van der Waals surface area contributed by atoms with Crippen LogP contribution in [0.1, 0.15) is 17.3 Å². The molecule has 0 unspecified atom stereocenters. The van der Waals surface area contributed by atoms with Crippen molar-refractivity contribution in [3.05, 3.63) is 24.2 Å². The number of rotatable bonds is 1. The molecule has 0 spiro atoms. The van der Waals surface area contributed by atoms with E-state index in [2.05, 4.69) is 15.2 Å². The van der Waals surface area contributed by atoms with E-state index in [1.807, 2.05) is 0 Å². The molecule has 2 heterocycles. The zero-order valence-electron chi connectivity index (χ0n) is 6.53. The van der Waals surface area contributed by atoms with E-state index < -0.39 is 0 Å². The van der Waals surface area contributed by atoms with E-state index in [1.54, 1.807) is 18.6 Å². The fourth-order valence-electron chi connectivity index (χ4n) is 1.13. The molecule has 12 heavy (non-hydrogen) atoms. The minimum atomic E-state index is -0.00245. The predicted molar refractivity (Wildman–Crippen MR) is 43.9 cm³/mol. The van der Waals surface area contributed by atoms with Gasteiger partial charge in [-0.25, -0.2) is 0 Å². The van der Waals surface area contributed by atoms with Crippen LogP contribution in [0.2, 0.25) is 0 Å².